The maximum absolute atomic E-state index is 7.00. The maximum Gasteiger partial charge on any atom is 0.0967 e. The molecule has 0 radical (unpaired) electrons. The molecule has 3 N–H and O–H groups in total. The number of nitrogens with two attached hydrogens (primary N) is 1. The highest BCUT2D eigenvalue weighted by molar-refractivity contribution is 6.40. The molecule has 0 aliphatic heterocycles. The largest absolute Gasteiger partial charge is 0.400 e. The molecule has 4 heteroatoms. The highest BCUT2D eigenvalue weighted by atomic mass is 35.5. The molecule has 10 heavy (non-hydrogen) atoms. The summed E-state index contributed by atoms with van der Waals surface area (Å²) in [6.07, 6.45) is 0. The first-order valence-electron chi connectivity index (χ1n) is 2.77. The summed E-state index contributed by atoms with van der Waals surface area (Å²) in [5, 5.41) is 7.19. The van der Waals surface area contributed by atoms with Crippen molar-refractivity contribution in [3.63, 3.8) is 0 Å². The Balaban J connectivity index is -0.0000000847. The molecule has 0 aliphatic carbocycles. The molecule has 0 bridgehead atoms. The Kier molecular flexibility index (Phi) is 20.6. The molecule has 0 fully saturated rings. The van der Waals surface area contributed by atoms with Crippen LogP contribution in [-0.2, 0) is 0 Å². The van der Waals surface area contributed by atoms with Crippen molar-refractivity contribution in [3.8, 4) is 0 Å². The zero-order valence-corrected chi connectivity index (χ0v) is 8.50. The van der Waals surface area contributed by atoms with E-state index in [-0.39, 0.29) is 10.9 Å². The summed E-state index contributed by atoms with van der Waals surface area (Å²) in [7, 11) is 1.00. The molecule has 0 aromatic heterocycles. The summed E-state index contributed by atoms with van der Waals surface area (Å²) in [5.74, 6) is 0. The number of aliphatic hydroxyl groups excluding tert-OH is 1. The van der Waals surface area contributed by atoms with Crippen molar-refractivity contribution in [2.24, 2.45) is 5.73 Å². The van der Waals surface area contributed by atoms with Gasteiger partial charge in [-0.05, 0) is 20.8 Å². The zero-order chi connectivity index (χ0) is 9.21. The molecule has 0 rings (SSSR count). The van der Waals surface area contributed by atoms with Gasteiger partial charge in [0.1, 0.15) is 0 Å². The third-order valence-electron chi connectivity index (χ3n) is 0. The molecule has 0 saturated heterocycles. The van der Waals surface area contributed by atoms with Gasteiger partial charge in [-0.2, -0.15) is 0 Å². The number of aliphatic hydroxyl groups is 1. The summed E-state index contributed by atoms with van der Waals surface area (Å²) in [6, 6.07) is 0. The van der Waals surface area contributed by atoms with Crippen LogP contribution in [0, 0.1) is 0 Å². The van der Waals surface area contributed by atoms with Crippen LogP contribution in [-0.4, -0.2) is 23.1 Å². The number of rotatable bonds is 0. The summed E-state index contributed by atoms with van der Waals surface area (Å²) in [4.78, 5) is 0. The average Bonchev–Trinajstić information content (AvgIpc) is 1.68. The number of hydrogen-bond donors (Lipinski definition) is 2. The van der Waals surface area contributed by atoms with Gasteiger partial charge in [-0.1, -0.05) is 0 Å². The van der Waals surface area contributed by atoms with Crippen LogP contribution < -0.4 is 5.73 Å². The van der Waals surface area contributed by atoms with Gasteiger partial charge in [0.25, 0.3) is 0 Å². The molecular weight excluding hydrogens is 173 g/mol. The average molecular weight is 190 g/mol. The van der Waals surface area contributed by atoms with Gasteiger partial charge < -0.3 is 10.8 Å². The van der Waals surface area contributed by atoms with Crippen LogP contribution in [0.1, 0.15) is 20.8 Å². The summed E-state index contributed by atoms with van der Waals surface area (Å²) in [5.41, 5.74) is 5.35. The van der Waals surface area contributed by atoms with E-state index in [0.29, 0.717) is 0 Å². The lowest BCUT2D eigenvalue weighted by atomic mass is 10.1. The van der Waals surface area contributed by atoms with Crippen molar-refractivity contribution >= 4 is 23.2 Å². The van der Waals surface area contributed by atoms with Gasteiger partial charge in [0, 0.05) is 12.6 Å². The lowest BCUT2D eigenvalue weighted by molar-refractivity contribution is 0.399. The maximum atomic E-state index is 7.00. The van der Waals surface area contributed by atoms with Gasteiger partial charge in [0.05, 0.1) is 5.34 Å². The van der Waals surface area contributed by atoms with Crippen LogP contribution in [0.2, 0.25) is 0 Å². The fourth-order valence-corrected chi connectivity index (χ4v) is 0. The van der Waals surface area contributed by atoms with E-state index in [0.717, 1.165) is 7.11 Å². The van der Waals surface area contributed by atoms with Gasteiger partial charge in [-0.3, -0.25) is 0 Å². The third-order valence-corrected chi connectivity index (χ3v) is 0. The SMILES string of the molecule is CC(C)(C)N.CO.ClCCl. The van der Waals surface area contributed by atoms with Crippen molar-refractivity contribution in [1.82, 2.24) is 0 Å². The second kappa shape index (κ2) is 12.2. The van der Waals surface area contributed by atoms with E-state index in [1.165, 1.54) is 0 Å². The van der Waals surface area contributed by atoms with Crippen molar-refractivity contribution in [2.45, 2.75) is 26.3 Å². The van der Waals surface area contributed by atoms with E-state index < -0.39 is 0 Å². The van der Waals surface area contributed by atoms with E-state index in [2.05, 4.69) is 0 Å². The Labute approximate surface area is 73.3 Å². The Bertz CT molecular complexity index is 39.5. The van der Waals surface area contributed by atoms with Crippen LogP contribution in [0.3, 0.4) is 0 Å². The molecule has 0 amide bonds. The topological polar surface area (TPSA) is 46.2 Å². The molecular formula is C6H17Cl2NO. The van der Waals surface area contributed by atoms with Gasteiger partial charge in [-0.15, -0.1) is 23.2 Å². The zero-order valence-electron chi connectivity index (χ0n) is 6.99. The van der Waals surface area contributed by atoms with Crippen LogP contribution in [0.5, 0.6) is 0 Å². The van der Waals surface area contributed by atoms with E-state index in [1.807, 2.05) is 20.8 Å². The lowest BCUT2D eigenvalue weighted by Gasteiger charge is -2.06. The summed E-state index contributed by atoms with van der Waals surface area (Å²) >= 11 is 9.53. The van der Waals surface area contributed by atoms with Crippen molar-refractivity contribution in [2.75, 3.05) is 12.4 Å². The number of halogens is 2. The summed E-state index contributed by atoms with van der Waals surface area (Å²) in [6.45, 7) is 5.90. The first-order chi connectivity index (χ1) is 4.41. The van der Waals surface area contributed by atoms with Crippen LogP contribution >= 0.6 is 23.2 Å². The molecule has 66 valence electrons. The monoisotopic (exact) mass is 189 g/mol. The predicted octanol–water partition coefficient (Wildman–Crippen LogP) is 1.77. The number of hydrogen-bond acceptors (Lipinski definition) is 2. The van der Waals surface area contributed by atoms with Crippen LogP contribution in [0.25, 0.3) is 0 Å². The second-order valence-corrected chi connectivity index (χ2v) is 3.28. The Morgan fingerprint density at radius 2 is 1.20 bits per heavy atom. The smallest absolute Gasteiger partial charge is 0.0967 e. The molecule has 0 atom stereocenters. The standard InChI is InChI=1S/C4H11N.CH2Cl2.CH4O/c1-4(2,3)5;2-1-3;1-2/h5H2,1-3H3;1H2;2H,1H3. The second-order valence-electron chi connectivity index (χ2n) is 2.47. The third kappa shape index (κ3) is 1910. The van der Waals surface area contributed by atoms with Crippen molar-refractivity contribution in [1.29, 1.82) is 0 Å². The van der Waals surface area contributed by atoms with Gasteiger partial charge in [-0.25, -0.2) is 0 Å². The van der Waals surface area contributed by atoms with E-state index in [1.54, 1.807) is 0 Å². The van der Waals surface area contributed by atoms with Crippen LogP contribution in [0.4, 0.5) is 0 Å². The minimum Gasteiger partial charge on any atom is -0.400 e. The highest BCUT2D eigenvalue weighted by Crippen LogP contribution is 1.88. The molecule has 0 aliphatic rings. The first kappa shape index (κ1) is 16.8. The normalized spacial score (nSPS) is 8.40. The molecule has 0 spiro atoms. The van der Waals surface area contributed by atoms with E-state index >= 15 is 0 Å². The first-order valence-corrected chi connectivity index (χ1v) is 3.84. The van der Waals surface area contributed by atoms with E-state index in [4.69, 9.17) is 34.0 Å². The van der Waals surface area contributed by atoms with E-state index in [9.17, 15) is 0 Å². The molecule has 0 saturated carbocycles. The minimum atomic E-state index is 0. The van der Waals surface area contributed by atoms with Crippen LogP contribution in [0.15, 0.2) is 0 Å². The molecule has 0 heterocycles. The Morgan fingerprint density at radius 3 is 1.20 bits per heavy atom. The van der Waals surface area contributed by atoms with Crippen molar-refractivity contribution < 1.29 is 5.11 Å². The van der Waals surface area contributed by atoms with Gasteiger partial charge in [0.2, 0.25) is 0 Å². The highest BCUT2D eigenvalue weighted by Gasteiger charge is 1.95. The Hall–Kier alpha value is 0.500. The molecule has 2 nitrogen and oxygen atoms in total. The Morgan fingerprint density at radius 1 is 1.20 bits per heavy atom. The minimum absolute atomic E-state index is 0. The van der Waals surface area contributed by atoms with Gasteiger partial charge >= 0.3 is 0 Å². The lowest BCUT2D eigenvalue weighted by Crippen LogP contribution is -2.26. The number of alkyl halides is 2. The fraction of sp³-hybridized carbons (Fsp3) is 1.00. The predicted molar refractivity (Wildman–Crippen MR) is 48.7 cm³/mol. The quantitative estimate of drug-likeness (QED) is 0.572. The fourth-order valence-electron chi connectivity index (χ4n) is 0. The molecule has 0 aromatic carbocycles. The molecule has 0 unspecified atom stereocenters. The summed E-state index contributed by atoms with van der Waals surface area (Å²) < 4.78 is 0. The van der Waals surface area contributed by atoms with Crippen molar-refractivity contribution in [3.05, 3.63) is 0 Å². The molecule has 0 aromatic rings. The van der Waals surface area contributed by atoms with Gasteiger partial charge in [0.15, 0.2) is 0 Å².